The second-order valence-corrected chi connectivity index (χ2v) is 22.4. The zero-order chi connectivity index (χ0) is 55.3. The second-order valence-electron chi connectivity index (χ2n) is 21.6. The van der Waals surface area contributed by atoms with Crippen molar-refractivity contribution in [1.82, 2.24) is 40.1 Å². The van der Waals surface area contributed by atoms with Crippen LogP contribution in [0.2, 0.25) is 0 Å². The molecule has 0 aliphatic carbocycles. The summed E-state index contributed by atoms with van der Waals surface area (Å²) in [5, 5.41) is 30.5. The number of amides is 3. The Morgan fingerprint density at radius 2 is 1.75 bits per heavy atom. The van der Waals surface area contributed by atoms with Crippen molar-refractivity contribution in [2.24, 2.45) is 5.92 Å². The van der Waals surface area contributed by atoms with Gasteiger partial charge in [-0.2, -0.15) is 9.97 Å². The van der Waals surface area contributed by atoms with Crippen molar-refractivity contribution in [3.63, 3.8) is 0 Å². The van der Waals surface area contributed by atoms with Gasteiger partial charge in [-0.15, -0.1) is 11.3 Å². The molecular formula is C59H72N10O9S. The van der Waals surface area contributed by atoms with Crippen LogP contribution in [0.4, 0.5) is 11.5 Å². The van der Waals surface area contributed by atoms with Gasteiger partial charge in [-0.25, -0.2) is 4.98 Å². The summed E-state index contributed by atoms with van der Waals surface area (Å²) < 4.78 is 25.0. The van der Waals surface area contributed by atoms with E-state index >= 15 is 0 Å². The number of aryl methyl sites for hydroxylation is 2. The van der Waals surface area contributed by atoms with E-state index in [1.165, 1.54) is 11.0 Å². The van der Waals surface area contributed by atoms with Crippen molar-refractivity contribution in [2.45, 2.75) is 104 Å². The van der Waals surface area contributed by atoms with Crippen LogP contribution >= 0.6 is 11.3 Å². The normalized spacial score (nSPS) is 18.9. The number of nitrogens with zero attached hydrogens (tertiary/aromatic N) is 9. The minimum absolute atomic E-state index is 0.0494. The lowest BCUT2D eigenvalue weighted by Gasteiger charge is -2.38. The van der Waals surface area contributed by atoms with Crippen LogP contribution in [0, 0.1) is 19.8 Å². The molecule has 0 saturated carbocycles. The van der Waals surface area contributed by atoms with E-state index in [4.69, 9.17) is 28.7 Å². The lowest BCUT2D eigenvalue weighted by atomic mass is 9.91. The number of nitrogens with one attached hydrogen (secondary N) is 1. The Labute approximate surface area is 465 Å². The summed E-state index contributed by atoms with van der Waals surface area (Å²) >= 11 is 1.55. The molecule has 4 atom stereocenters. The number of piperazine rings is 1. The quantitative estimate of drug-likeness (QED) is 0.0562. The molecular weight excluding hydrogens is 1020 g/mol. The number of likely N-dealkylation sites (tertiary alicyclic amines) is 2. The molecule has 19 nitrogen and oxygen atoms in total. The minimum atomic E-state index is -0.856. The van der Waals surface area contributed by atoms with Crippen LogP contribution in [0.15, 0.2) is 83.4 Å². The second kappa shape index (κ2) is 24.5. The Bertz CT molecular complexity index is 3150. The summed E-state index contributed by atoms with van der Waals surface area (Å²) in [6.07, 6.45) is 2.89. The average molecular weight is 1100 g/mol. The molecule has 3 saturated heterocycles. The number of anilines is 2. The molecule has 10 rings (SSSR count). The molecule has 20 heteroatoms. The third-order valence-corrected chi connectivity index (χ3v) is 16.6. The number of hydrogen-bond donors (Lipinski definition) is 3. The summed E-state index contributed by atoms with van der Waals surface area (Å²) in [6.45, 7) is 20.2. The lowest BCUT2D eigenvalue weighted by molar-refractivity contribution is -0.141. The van der Waals surface area contributed by atoms with Crippen LogP contribution in [0.1, 0.15) is 79.9 Å². The highest BCUT2D eigenvalue weighted by molar-refractivity contribution is 7.13. The van der Waals surface area contributed by atoms with Crippen LogP contribution in [0.5, 0.6) is 17.5 Å². The number of aromatic nitrogens is 4. The Morgan fingerprint density at radius 1 is 0.949 bits per heavy atom. The van der Waals surface area contributed by atoms with Crippen molar-refractivity contribution in [3.8, 4) is 28.0 Å². The number of carbonyl (C=O) groups excluding carboxylic acids is 3. The van der Waals surface area contributed by atoms with Gasteiger partial charge in [0.2, 0.25) is 17.7 Å². The lowest BCUT2D eigenvalue weighted by Crippen LogP contribution is -2.49. The summed E-state index contributed by atoms with van der Waals surface area (Å²) in [5.41, 5.74) is 8.04. The first-order chi connectivity index (χ1) is 38.2. The zero-order valence-electron chi connectivity index (χ0n) is 45.8. The molecule has 1 unspecified atom stereocenters. The Balaban J connectivity index is 0.742. The number of rotatable bonds is 19. The molecule has 3 fully saturated rings. The Morgan fingerprint density at radius 3 is 2.48 bits per heavy atom. The number of piperidine rings is 1. The van der Waals surface area contributed by atoms with E-state index in [0.29, 0.717) is 82.1 Å². The summed E-state index contributed by atoms with van der Waals surface area (Å²) in [4.78, 5) is 66.2. The fraction of sp³-hybridized carbons (Fsp3) is 0.475. The SMILES string of the molecule is C=CC(=O)N1CCN(c2nc(O[C@H](C)CN3CCC(OCCOc4cc(-c5scnc5C)ccc4CNC(=O)[C@@H]4C[C@@H](O)CN4C(=O)C(c4cc(C)no4)C(C)C)CC3)nc3c2CCN(c2cc(O)cc4ccccc24)C3)CC1. The van der Waals surface area contributed by atoms with Crippen molar-refractivity contribution in [3.05, 3.63) is 113 Å². The van der Waals surface area contributed by atoms with Crippen LogP contribution in [-0.4, -0.2) is 159 Å². The van der Waals surface area contributed by atoms with Crippen molar-refractivity contribution < 1.29 is 43.3 Å². The van der Waals surface area contributed by atoms with Crippen LogP contribution in [0.25, 0.3) is 21.2 Å². The highest BCUT2D eigenvalue weighted by atomic mass is 32.1. The number of hydrogen-bond acceptors (Lipinski definition) is 17. The van der Waals surface area contributed by atoms with Gasteiger partial charge in [-0.1, -0.05) is 62.0 Å². The maximum Gasteiger partial charge on any atom is 0.318 e. The highest BCUT2D eigenvalue weighted by Gasteiger charge is 2.43. The number of ether oxygens (including phenoxy) is 3. The molecule has 418 valence electrons. The summed E-state index contributed by atoms with van der Waals surface area (Å²) in [6, 6.07) is 18.8. The number of phenols is 1. The third kappa shape index (κ3) is 12.7. The van der Waals surface area contributed by atoms with Crippen LogP contribution in [-0.2, 0) is 38.6 Å². The van der Waals surface area contributed by atoms with Gasteiger partial charge >= 0.3 is 6.01 Å². The Kier molecular flexibility index (Phi) is 17.1. The first-order valence-electron chi connectivity index (χ1n) is 27.6. The maximum atomic E-state index is 14.0. The number of fused-ring (bicyclic) bond motifs is 2. The Hall–Kier alpha value is -7.13. The standard InChI is InChI=1S/C59H72N10O9S/c1-7-53(72)66-20-22-67(23-21-66)56-47-16-19-68(49-29-43(70)27-40-10-8-9-11-46(40)49)34-48(47)62-59(63-56)77-38(5)32-65-17-14-45(15-18-65)75-24-25-76-51-28-41(55-39(6)61-35-79-55)12-13-42(51)31-60-57(73)50-30-44(71)33-69(50)58(74)54(36(2)3)52-26-37(4)64-78-52/h7-13,26-29,35-36,38,44-45,50,54,70-71H,1,14-25,30-34H2,2-6H3,(H,60,73)/t38-,44-,50+,54?/m1/s1. The van der Waals surface area contributed by atoms with Crippen molar-refractivity contribution in [2.75, 3.05) is 81.9 Å². The van der Waals surface area contributed by atoms with Gasteiger partial charge in [0.05, 0.1) is 52.8 Å². The van der Waals surface area contributed by atoms with E-state index in [-0.39, 0.29) is 61.1 Å². The molecule has 3 aromatic heterocycles. The fourth-order valence-electron chi connectivity index (χ4n) is 11.5. The monoisotopic (exact) mass is 1100 g/mol. The van der Waals surface area contributed by atoms with Gasteiger partial charge in [0, 0.05) is 106 Å². The average Bonchev–Trinajstić information content (AvgIpc) is 4.24. The van der Waals surface area contributed by atoms with E-state index in [9.17, 15) is 24.6 Å². The van der Waals surface area contributed by atoms with Gasteiger partial charge in [0.1, 0.15) is 47.7 Å². The van der Waals surface area contributed by atoms with Gasteiger partial charge in [0.15, 0.2) is 0 Å². The molecule has 4 aliphatic heterocycles. The topological polar surface area (TPSA) is 212 Å². The smallest absolute Gasteiger partial charge is 0.318 e. The summed E-state index contributed by atoms with van der Waals surface area (Å²) in [5.74, 6) is 0.638. The molecule has 3 N–H and O–H groups in total. The molecule has 79 heavy (non-hydrogen) atoms. The van der Waals surface area contributed by atoms with Gasteiger partial charge in [-0.3, -0.25) is 19.3 Å². The summed E-state index contributed by atoms with van der Waals surface area (Å²) in [7, 11) is 0. The fourth-order valence-corrected chi connectivity index (χ4v) is 12.3. The van der Waals surface area contributed by atoms with Crippen LogP contribution in [0.3, 0.4) is 0 Å². The first-order valence-corrected chi connectivity index (χ1v) is 28.5. The van der Waals surface area contributed by atoms with Gasteiger partial charge < -0.3 is 53.9 Å². The number of phenolic OH excluding ortho intramolecular Hbond substituents is 1. The van der Waals surface area contributed by atoms with Crippen LogP contribution < -0.4 is 24.6 Å². The van der Waals surface area contributed by atoms with E-state index < -0.39 is 18.1 Å². The number of β-amino-alcohol motifs (C(OH)–C–C–N with tert-alkyl or cyclic N) is 1. The predicted octanol–water partition coefficient (Wildman–Crippen LogP) is 6.81. The number of carbonyl (C=O) groups is 3. The molecule has 0 radical (unpaired) electrons. The van der Waals surface area contributed by atoms with Crippen molar-refractivity contribution in [1.29, 1.82) is 0 Å². The number of benzene rings is 3. The number of aliphatic hydroxyl groups excluding tert-OH is 1. The minimum Gasteiger partial charge on any atom is -0.508 e. The van der Waals surface area contributed by atoms with Crippen molar-refractivity contribution >= 4 is 51.3 Å². The van der Waals surface area contributed by atoms with Gasteiger partial charge in [-0.05, 0) is 75.1 Å². The zero-order valence-corrected chi connectivity index (χ0v) is 46.6. The van der Waals surface area contributed by atoms with E-state index in [1.807, 2.05) is 73.6 Å². The molecule has 3 aromatic carbocycles. The molecule has 3 amide bonds. The molecule has 6 aromatic rings. The number of thiazole rings is 1. The molecule has 0 bridgehead atoms. The first kappa shape index (κ1) is 55.2. The predicted molar refractivity (Wildman–Crippen MR) is 301 cm³/mol. The third-order valence-electron chi connectivity index (χ3n) is 15.6. The van der Waals surface area contributed by atoms with E-state index in [2.05, 4.69) is 49.7 Å². The number of aliphatic hydroxyl groups is 1. The highest BCUT2D eigenvalue weighted by Crippen LogP contribution is 2.38. The van der Waals surface area contributed by atoms with E-state index in [1.54, 1.807) is 30.4 Å². The van der Waals surface area contributed by atoms with Gasteiger partial charge in [0.25, 0.3) is 0 Å². The number of aromatic hydroxyl groups is 1. The molecule has 7 heterocycles. The molecule has 0 spiro atoms. The maximum absolute atomic E-state index is 14.0. The van der Waals surface area contributed by atoms with E-state index in [0.717, 1.165) is 87.7 Å². The molecule has 4 aliphatic rings. The largest absolute Gasteiger partial charge is 0.508 e.